The second-order valence-corrected chi connectivity index (χ2v) is 8.91. The maximum Gasteiger partial charge on any atom is 0.446 e. The summed E-state index contributed by atoms with van der Waals surface area (Å²) in [7, 11) is -4.64. The zero-order chi connectivity index (χ0) is 22.3. The Balaban J connectivity index is 1.61. The van der Waals surface area contributed by atoms with Crippen LogP contribution in [0, 0.1) is 0 Å². The van der Waals surface area contributed by atoms with Crippen LogP contribution in [0.3, 0.4) is 0 Å². The maximum atomic E-state index is 12.9. The number of carbonyl (C=O) groups is 2. The van der Waals surface area contributed by atoms with Gasteiger partial charge in [0.15, 0.2) is 0 Å². The standard InChI is InChI=1S/C21H22N2O6S2/c24-20(17-8-10-18(11-9-17)29-31(26,27)28)22-19-15-30-14-13-23(21(19)25)12-4-7-16-5-2-1-3-6-16/h1-11,19H,12-15H2,(H,22,24)(H,26,27,28)/t19-/m0/s1. The molecule has 0 spiro atoms. The Bertz CT molecular complexity index is 1040. The smallest absolute Gasteiger partial charge is 0.362 e. The summed E-state index contributed by atoms with van der Waals surface area (Å²) < 4.78 is 34.5. The highest BCUT2D eigenvalue weighted by Crippen LogP contribution is 2.16. The number of hydrogen-bond donors (Lipinski definition) is 2. The van der Waals surface area contributed by atoms with Crippen LogP contribution >= 0.6 is 11.8 Å². The van der Waals surface area contributed by atoms with E-state index in [1.807, 2.05) is 42.5 Å². The summed E-state index contributed by atoms with van der Waals surface area (Å²) in [6.45, 7) is 1.04. The van der Waals surface area contributed by atoms with Crippen molar-refractivity contribution in [1.82, 2.24) is 10.2 Å². The van der Waals surface area contributed by atoms with E-state index in [1.54, 1.807) is 16.7 Å². The maximum absolute atomic E-state index is 12.9. The lowest BCUT2D eigenvalue weighted by Crippen LogP contribution is -2.49. The molecule has 0 aliphatic carbocycles. The number of carbonyl (C=O) groups excluding carboxylic acids is 2. The average molecular weight is 463 g/mol. The predicted molar refractivity (Wildman–Crippen MR) is 119 cm³/mol. The normalized spacial score (nSPS) is 17.4. The van der Waals surface area contributed by atoms with Crippen LogP contribution in [-0.4, -0.2) is 60.3 Å². The third-order valence-corrected chi connectivity index (χ3v) is 5.90. The van der Waals surface area contributed by atoms with Gasteiger partial charge in [0.1, 0.15) is 11.8 Å². The van der Waals surface area contributed by atoms with Gasteiger partial charge in [-0.15, -0.1) is 0 Å². The first-order valence-electron chi connectivity index (χ1n) is 9.48. The summed E-state index contributed by atoms with van der Waals surface area (Å²) in [5.74, 6) is 0.504. The molecule has 2 N–H and O–H groups in total. The van der Waals surface area contributed by atoms with Crippen LogP contribution in [0.5, 0.6) is 5.75 Å². The molecular formula is C21H22N2O6S2. The van der Waals surface area contributed by atoms with Crippen LogP contribution < -0.4 is 9.50 Å². The van der Waals surface area contributed by atoms with Crippen molar-refractivity contribution in [3.05, 3.63) is 71.8 Å². The molecule has 2 amide bonds. The van der Waals surface area contributed by atoms with E-state index in [9.17, 15) is 18.0 Å². The highest BCUT2D eigenvalue weighted by Gasteiger charge is 2.28. The minimum absolute atomic E-state index is 0.128. The molecule has 0 unspecified atom stereocenters. The molecule has 10 heteroatoms. The van der Waals surface area contributed by atoms with Crippen molar-refractivity contribution in [1.29, 1.82) is 0 Å². The Kier molecular flexibility index (Phi) is 7.72. The number of hydrogen-bond acceptors (Lipinski definition) is 6. The summed E-state index contributed by atoms with van der Waals surface area (Å²) in [6, 6.07) is 14.3. The fraction of sp³-hybridized carbons (Fsp3) is 0.238. The molecule has 164 valence electrons. The number of thioether (sulfide) groups is 1. The number of nitrogens with one attached hydrogen (secondary N) is 1. The number of rotatable bonds is 7. The molecule has 0 radical (unpaired) electrons. The molecule has 1 fully saturated rings. The highest BCUT2D eigenvalue weighted by molar-refractivity contribution is 7.99. The summed E-state index contributed by atoms with van der Waals surface area (Å²) in [5, 5.41) is 2.75. The molecule has 0 bridgehead atoms. The largest absolute Gasteiger partial charge is 0.446 e. The minimum Gasteiger partial charge on any atom is -0.362 e. The van der Waals surface area contributed by atoms with E-state index >= 15 is 0 Å². The molecule has 8 nitrogen and oxygen atoms in total. The number of nitrogens with zero attached hydrogens (tertiary/aromatic N) is 1. The average Bonchev–Trinajstić information content (AvgIpc) is 2.90. The molecule has 1 atom stereocenters. The summed E-state index contributed by atoms with van der Waals surface area (Å²) in [4.78, 5) is 27.2. The van der Waals surface area contributed by atoms with Gasteiger partial charge < -0.3 is 14.4 Å². The predicted octanol–water partition coefficient (Wildman–Crippen LogP) is 2.26. The van der Waals surface area contributed by atoms with Crippen molar-refractivity contribution in [2.75, 3.05) is 24.6 Å². The van der Waals surface area contributed by atoms with E-state index in [0.717, 1.165) is 11.3 Å². The first-order chi connectivity index (χ1) is 14.8. The Morgan fingerprint density at radius 1 is 1.19 bits per heavy atom. The van der Waals surface area contributed by atoms with Crippen LogP contribution in [0.25, 0.3) is 6.08 Å². The molecule has 1 saturated heterocycles. The Morgan fingerprint density at radius 3 is 2.58 bits per heavy atom. The molecule has 1 heterocycles. The summed E-state index contributed by atoms with van der Waals surface area (Å²) in [6.07, 6.45) is 3.88. The van der Waals surface area contributed by atoms with Gasteiger partial charge in [0.05, 0.1) is 0 Å². The molecule has 31 heavy (non-hydrogen) atoms. The van der Waals surface area contributed by atoms with E-state index < -0.39 is 22.3 Å². The molecule has 0 saturated carbocycles. The third-order valence-electron chi connectivity index (χ3n) is 4.46. The first-order valence-corrected chi connectivity index (χ1v) is 12.0. The van der Waals surface area contributed by atoms with Crippen LogP contribution in [0.2, 0.25) is 0 Å². The summed E-state index contributed by atoms with van der Waals surface area (Å²) >= 11 is 1.59. The van der Waals surface area contributed by atoms with Gasteiger partial charge in [0.2, 0.25) is 5.91 Å². The van der Waals surface area contributed by atoms with Gasteiger partial charge in [-0.25, -0.2) is 0 Å². The fourth-order valence-electron chi connectivity index (χ4n) is 2.97. The fourth-order valence-corrected chi connectivity index (χ4v) is 4.30. The van der Waals surface area contributed by atoms with Crippen molar-refractivity contribution < 1.29 is 26.7 Å². The van der Waals surface area contributed by atoms with Gasteiger partial charge in [-0.3, -0.25) is 14.1 Å². The number of benzene rings is 2. The molecule has 1 aliphatic rings. The van der Waals surface area contributed by atoms with Crippen LogP contribution in [-0.2, 0) is 15.2 Å². The van der Waals surface area contributed by atoms with Crippen molar-refractivity contribution in [3.8, 4) is 5.75 Å². The zero-order valence-electron chi connectivity index (χ0n) is 16.5. The van der Waals surface area contributed by atoms with E-state index in [1.165, 1.54) is 24.3 Å². The van der Waals surface area contributed by atoms with Gasteiger partial charge in [0.25, 0.3) is 5.91 Å². The second-order valence-electron chi connectivity index (χ2n) is 6.73. The lowest BCUT2D eigenvalue weighted by molar-refractivity contribution is -0.131. The number of amides is 2. The van der Waals surface area contributed by atoms with Crippen LogP contribution in [0.1, 0.15) is 15.9 Å². The van der Waals surface area contributed by atoms with Crippen molar-refractivity contribution in [2.45, 2.75) is 6.04 Å². The Hall–Kier alpha value is -2.82. The minimum atomic E-state index is -4.64. The van der Waals surface area contributed by atoms with Crippen molar-refractivity contribution in [2.24, 2.45) is 0 Å². The third kappa shape index (κ3) is 7.12. The first kappa shape index (κ1) is 22.9. The van der Waals surface area contributed by atoms with Gasteiger partial charge in [-0.1, -0.05) is 42.5 Å². The SMILES string of the molecule is O=C(N[C@H]1CSCCN(CC=Cc2ccccc2)C1=O)c1ccc(OS(=O)(=O)O)cc1. The van der Waals surface area contributed by atoms with E-state index in [4.69, 9.17) is 4.55 Å². The lowest BCUT2D eigenvalue weighted by atomic mass is 10.2. The molecule has 2 aromatic rings. The molecule has 0 aromatic heterocycles. The monoisotopic (exact) mass is 462 g/mol. The Labute approximate surface area is 185 Å². The van der Waals surface area contributed by atoms with Gasteiger partial charge in [-0.2, -0.15) is 20.2 Å². The van der Waals surface area contributed by atoms with Crippen molar-refractivity contribution in [3.63, 3.8) is 0 Å². The van der Waals surface area contributed by atoms with Crippen LogP contribution in [0.15, 0.2) is 60.7 Å². The van der Waals surface area contributed by atoms with Crippen LogP contribution in [0.4, 0.5) is 0 Å². The zero-order valence-corrected chi connectivity index (χ0v) is 18.1. The van der Waals surface area contributed by atoms with Gasteiger partial charge >= 0.3 is 10.4 Å². The summed E-state index contributed by atoms with van der Waals surface area (Å²) in [5.41, 5.74) is 1.28. The van der Waals surface area contributed by atoms with E-state index in [-0.39, 0.29) is 17.2 Å². The molecule has 1 aliphatic heterocycles. The second kappa shape index (κ2) is 10.5. The molecule has 3 rings (SSSR count). The van der Waals surface area contributed by atoms with E-state index in [0.29, 0.717) is 18.8 Å². The van der Waals surface area contributed by atoms with Crippen molar-refractivity contribution >= 4 is 40.1 Å². The lowest BCUT2D eigenvalue weighted by Gasteiger charge is -2.23. The quantitative estimate of drug-likeness (QED) is 0.607. The Morgan fingerprint density at radius 2 is 1.90 bits per heavy atom. The van der Waals surface area contributed by atoms with Gasteiger partial charge in [0, 0.05) is 30.2 Å². The highest BCUT2D eigenvalue weighted by atomic mass is 32.3. The van der Waals surface area contributed by atoms with E-state index in [2.05, 4.69) is 9.50 Å². The topological polar surface area (TPSA) is 113 Å². The van der Waals surface area contributed by atoms with Gasteiger partial charge in [-0.05, 0) is 29.8 Å². The molecule has 2 aromatic carbocycles. The molecular weight excluding hydrogens is 440 g/mol.